The number of ether oxygens (including phenoxy) is 2. The summed E-state index contributed by atoms with van der Waals surface area (Å²) in [5.41, 5.74) is -1.41. The maximum atomic E-state index is 13.4. The summed E-state index contributed by atoms with van der Waals surface area (Å²) in [5.74, 6) is -1.11. The van der Waals surface area contributed by atoms with Gasteiger partial charge in [-0.3, -0.25) is 9.80 Å². The number of nitrogens with zero attached hydrogens (tertiary/aromatic N) is 4. The molecule has 0 spiro atoms. The van der Waals surface area contributed by atoms with Crippen molar-refractivity contribution in [2.24, 2.45) is 22.1 Å². The molecule has 4 unspecified atom stereocenters. The molecule has 4 heterocycles. The van der Waals surface area contributed by atoms with E-state index in [0.717, 1.165) is 38.5 Å². The van der Waals surface area contributed by atoms with Crippen LogP contribution in [0.2, 0.25) is 0 Å². The smallest absolute Gasteiger partial charge is 0.419 e. The lowest BCUT2D eigenvalue weighted by molar-refractivity contribution is -0.197. The van der Waals surface area contributed by atoms with Gasteiger partial charge in [0.05, 0.1) is 12.4 Å². The lowest BCUT2D eigenvalue weighted by atomic mass is 9.97. The summed E-state index contributed by atoms with van der Waals surface area (Å²) in [4.78, 5) is 41.6. The first kappa shape index (κ1) is 28.0. The Morgan fingerprint density at radius 1 is 0.775 bits per heavy atom. The number of rotatable bonds is 10. The zero-order chi connectivity index (χ0) is 28.1. The molecule has 4 fully saturated rings. The predicted octanol–water partition coefficient (Wildman–Crippen LogP) is 4.27. The average Bonchev–Trinajstić information content (AvgIpc) is 3.84. The summed E-state index contributed by atoms with van der Waals surface area (Å²) in [6, 6.07) is 0.166. The van der Waals surface area contributed by atoms with Crippen LogP contribution in [-0.2, 0) is 28.7 Å². The van der Waals surface area contributed by atoms with Crippen molar-refractivity contribution < 1.29 is 28.7 Å². The minimum atomic E-state index is -1.23. The van der Waals surface area contributed by atoms with E-state index in [0.29, 0.717) is 71.9 Å². The van der Waals surface area contributed by atoms with Crippen LogP contribution >= 0.6 is 23.2 Å². The molecule has 0 radical (unpaired) electrons. The fraction of sp³-hybridized carbons (Fsp3) is 0.714. The maximum Gasteiger partial charge on any atom is 0.419 e. The van der Waals surface area contributed by atoms with Crippen LogP contribution in [0.3, 0.4) is 0 Å². The van der Waals surface area contributed by atoms with Crippen molar-refractivity contribution in [3.8, 4) is 0 Å². The first-order valence-corrected chi connectivity index (χ1v) is 15.0. The number of halogens is 2. The van der Waals surface area contributed by atoms with Crippen LogP contribution < -0.4 is 0 Å². The number of fused-ring (bicyclic) bond motifs is 4. The zero-order valence-electron chi connectivity index (χ0n) is 22.9. The Balaban J connectivity index is 1.19. The van der Waals surface area contributed by atoms with Gasteiger partial charge in [0.15, 0.2) is 11.4 Å². The van der Waals surface area contributed by atoms with E-state index in [1.807, 2.05) is 23.9 Å². The molecule has 2 aliphatic carbocycles. The molecule has 6 aliphatic rings. The molecule has 2 saturated heterocycles. The number of oxime groups is 2. The molecule has 40 heavy (non-hydrogen) atoms. The van der Waals surface area contributed by atoms with Gasteiger partial charge in [0.25, 0.3) is 0 Å². The SMILES string of the molecule is CN1C2CCC1(OC(=O)C(=O)OC13CCC(CC(Cl)=C1C=NOCC1CC1)N3C)C(C=NOCC1CC1)=C(Cl)C2. The van der Waals surface area contributed by atoms with Crippen molar-refractivity contribution >= 4 is 47.6 Å². The second kappa shape index (κ2) is 10.9. The molecular weight excluding hydrogens is 559 g/mol. The third-order valence-electron chi connectivity index (χ3n) is 9.34. The Morgan fingerprint density at radius 2 is 1.18 bits per heavy atom. The Bertz CT molecular complexity index is 1090. The number of hydrogen-bond acceptors (Lipinski definition) is 10. The van der Waals surface area contributed by atoms with Gasteiger partial charge in [-0.25, -0.2) is 9.59 Å². The van der Waals surface area contributed by atoms with Crippen LogP contribution in [-0.4, -0.2) is 85.0 Å². The van der Waals surface area contributed by atoms with E-state index in [-0.39, 0.29) is 12.1 Å². The van der Waals surface area contributed by atoms with Crippen LogP contribution in [0.5, 0.6) is 0 Å². The van der Waals surface area contributed by atoms with Gasteiger partial charge in [0.1, 0.15) is 13.2 Å². The third-order valence-corrected chi connectivity index (χ3v) is 10.1. The molecule has 4 aliphatic heterocycles. The molecule has 4 bridgehead atoms. The van der Waals surface area contributed by atoms with Crippen LogP contribution in [0, 0.1) is 11.8 Å². The minimum absolute atomic E-state index is 0.0831. The van der Waals surface area contributed by atoms with Gasteiger partial charge >= 0.3 is 11.9 Å². The van der Waals surface area contributed by atoms with Gasteiger partial charge in [-0.05, 0) is 77.3 Å². The molecule has 0 aromatic heterocycles. The highest BCUT2D eigenvalue weighted by atomic mass is 35.5. The van der Waals surface area contributed by atoms with Crippen molar-refractivity contribution in [2.45, 2.75) is 87.7 Å². The minimum Gasteiger partial charge on any atom is -0.431 e. The van der Waals surface area contributed by atoms with E-state index < -0.39 is 23.4 Å². The molecule has 4 atom stereocenters. The van der Waals surface area contributed by atoms with E-state index in [1.54, 1.807) is 0 Å². The Hall–Kier alpha value is -2.14. The lowest BCUT2D eigenvalue weighted by Gasteiger charge is -2.43. The van der Waals surface area contributed by atoms with Gasteiger partial charge in [0.2, 0.25) is 0 Å². The van der Waals surface area contributed by atoms with E-state index in [1.165, 1.54) is 12.4 Å². The first-order valence-electron chi connectivity index (χ1n) is 14.2. The Kier molecular flexibility index (Phi) is 7.65. The van der Waals surface area contributed by atoms with Crippen molar-refractivity contribution in [1.29, 1.82) is 0 Å². The summed E-state index contributed by atoms with van der Waals surface area (Å²) in [5, 5.41) is 9.33. The Morgan fingerprint density at radius 3 is 1.55 bits per heavy atom. The number of likely N-dealkylation sites (N-methyl/N-ethyl adjacent to an activating group) is 2. The summed E-state index contributed by atoms with van der Waals surface area (Å²) >= 11 is 13.3. The molecule has 0 amide bonds. The van der Waals surface area contributed by atoms with E-state index in [9.17, 15) is 9.59 Å². The van der Waals surface area contributed by atoms with Gasteiger partial charge in [0, 0.05) is 46.1 Å². The topological polar surface area (TPSA) is 102 Å². The van der Waals surface area contributed by atoms with Crippen molar-refractivity contribution in [1.82, 2.24) is 9.80 Å². The number of hydrogen-bond donors (Lipinski definition) is 0. The zero-order valence-corrected chi connectivity index (χ0v) is 24.5. The second-order valence-corrected chi connectivity index (χ2v) is 12.9. The second-order valence-electron chi connectivity index (χ2n) is 11.9. The van der Waals surface area contributed by atoms with Crippen molar-refractivity contribution in [3.63, 3.8) is 0 Å². The molecule has 218 valence electrons. The average molecular weight is 596 g/mol. The molecule has 12 heteroatoms. The lowest BCUT2D eigenvalue weighted by Crippen LogP contribution is -2.56. The molecule has 2 saturated carbocycles. The number of carbonyl (C=O) groups is 2. The van der Waals surface area contributed by atoms with Gasteiger partial charge in [-0.2, -0.15) is 0 Å². The largest absolute Gasteiger partial charge is 0.431 e. The summed E-state index contributed by atoms with van der Waals surface area (Å²) in [6.45, 7) is 1.09. The standard InChI is InChI=1S/C28H36Cl2N4O6/c1-33-19-7-9-27(33,21(23(29)11-19)13-31-37-15-17-3-4-17)39-25(35)26(36)40-28-10-8-20(34(28)2)12-24(30)22(28)14-32-38-16-18-5-6-18/h13-14,17-20H,3-12,15-16H2,1-2H3. The van der Waals surface area contributed by atoms with Gasteiger partial charge < -0.3 is 19.1 Å². The Labute approximate surface area is 244 Å². The van der Waals surface area contributed by atoms with Crippen LogP contribution in [0.1, 0.15) is 64.2 Å². The fourth-order valence-corrected chi connectivity index (χ4v) is 7.12. The van der Waals surface area contributed by atoms with E-state index in [4.69, 9.17) is 42.4 Å². The highest BCUT2D eigenvalue weighted by Gasteiger charge is 2.57. The third kappa shape index (κ3) is 5.16. The van der Waals surface area contributed by atoms with Crippen molar-refractivity contribution in [3.05, 3.63) is 21.2 Å². The molecule has 0 N–H and O–H groups in total. The number of esters is 2. The fourth-order valence-electron chi connectivity index (χ4n) is 6.37. The highest BCUT2D eigenvalue weighted by Crippen LogP contribution is 2.49. The summed E-state index contributed by atoms with van der Waals surface area (Å²) in [7, 11) is 3.73. The quantitative estimate of drug-likeness (QED) is 0.160. The highest BCUT2D eigenvalue weighted by molar-refractivity contribution is 6.33. The van der Waals surface area contributed by atoms with E-state index in [2.05, 4.69) is 10.3 Å². The normalized spacial score (nSPS) is 34.3. The molecule has 6 rings (SSSR count). The van der Waals surface area contributed by atoms with Crippen molar-refractivity contribution in [2.75, 3.05) is 27.3 Å². The molecular formula is C28H36Cl2N4O6. The number of carbonyl (C=O) groups excluding carboxylic acids is 2. The molecule has 10 nitrogen and oxygen atoms in total. The maximum absolute atomic E-state index is 13.4. The monoisotopic (exact) mass is 594 g/mol. The molecule has 0 aromatic rings. The van der Waals surface area contributed by atoms with Crippen LogP contribution in [0.25, 0.3) is 0 Å². The molecule has 0 aromatic carbocycles. The first-order chi connectivity index (χ1) is 19.2. The van der Waals surface area contributed by atoms with E-state index >= 15 is 0 Å². The summed E-state index contributed by atoms with van der Waals surface area (Å²) in [6.07, 6.45) is 11.3. The predicted molar refractivity (Wildman–Crippen MR) is 149 cm³/mol. The van der Waals surface area contributed by atoms with Gasteiger partial charge in [-0.15, -0.1) is 0 Å². The van der Waals surface area contributed by atoms with Gasteiger partial charge in [-0.1, -0.05) is 33.5 Å². The summed E-state index contributed by atoms with van der Waals surface area (Å²) < 4.78 is 12.0. The van der Waals surface area contributed by atoms with Crippen LogP contribution in [0.4, 0.5) is 0 Å². The van der Waals surface area contributed by atoms with Crippen LogP contribution in [0.15, 0.2) is 31.5 Å².